The Morgan fingerprint density at radius 3 is 2.68 bits per heavy atom. The van der Waals surface area contributed by atoms with Gasteiger partial charge in [-0.25, -0.2) is 0 Å². The number of fused-ring (bicyclic) bond motifs is 1. The Bertz CT molecular complexity index is 1380. The first kappa shape index (κ1) is 24.8. The molecule has 0 aromatic carbocycles. The molecule has 37 heavy (non-hydrogen) atoms. The van der Waals surface area contributed by atoms with E-state index < -0.39 is 0 Å². The van der Waals surface area contributed by atoms with Crippen LogP contribution >= 0.6 is 0 Å². The van der Waals surface area contributed by atoms with E-state index in [1.807, 2.05) is 45.1 Å². The largest absolute Gasteiger partial charge is 0.365 e. The Hall–Kier alpha value is -3.87. The van der Waals surface area contributed by atoms with Crippen LogP contribution in [-0.4, -0.2) is 54.2 Å². The first-order chi connectivity index (χ1) is 17.6. The van der Waals surface area contributed by atoms with Gasteiger partial charge < -0.3 is 20.5 Å². The highest BCUT2D eigenvalue weighted by molar-refractivity contribution is 5.97. The number of aromatic nitrogens is 5. The van der Waals surface area contributed by atoms with Crippen molar-refractivity contribution in [2.75, 3.05) is 17.2 Å². The summed E-state index contributed by atoms with van der Waals surface area (Å²) < 4.78 is 1.72. The molecule has 3 aromatic rings. The lowest BCUT2D eigenvalue weighted by molar-refractivity contribution is -0.130. The molecule has 5 rings (SSSR count). The Labute approximate surface area is 217 Å². The van der Waals surface area contributed by atoms with Crippen LogP contribution in [0.2, 0.25) is 0 Å². The van der Waals surface area contributed by atoms with Crippen molar-refractivity contribution in [2.24, 2.45) is 12.5 Å². The zero-order chi connectivity index (χ0) is 26.3. The molecule has 2 atom stereocenters. The molecule has 0 radical (unpaired) electrons. The lowest BCUT2D eigenvalue weighted by Crippen LogP contribution is -2.50. The van der Waals surface area contributed by atoms with Crippen LogP contribution in [0.15, 0.2) is 30.2 Å². The summed E-state index contributed by atoms with van der Waals surface area (Å²) in [5.74, 6) is 1.56. The fourth-order valence-corrected chi connectivity index (χ4v) is 4.98. The van der Waals surface area contributed by atoms with Gasteiger partial charge in [0.1, 0.15) is 23.1 Å². The molecular formula is C27H35N9O. The number of piperidine rings is 1. The molecule has 3 N–H and O–H groups in total. The van der Waals surface area contributed by atoms with Gasteiger partial charge in [0.15, 0.2) is 0 Å². The van der Waals surface area contributed by atoms with E-state index in [-0.39, 0.29) is 29.0 Å². The number of allylic oxidation sites excluding steroid dienone is 1. The predicted octanol–water partition coefficient (Wildman–Crippen LogP) is 4.60. The van der Waals surface area contributed by atoms with Crippen molar-refractivity contribution in [1.29, 1.82) is 5.26 Å². The van der Waals surface area contributed by atoms with Gasteiger partial charge in [-0.2, -0.15) is 20.3 Å². The van der Waals surface area contributed by atoms with E-state index in [4.69, 9.17) is 9.97 Å². The van der Waals surface area contributed by atoms with Gasteiger partial charge in [-0.3, -0.25) is 9.48 Å². The molecule has 1 saturated carbocycles. The topological polar surface area (TPSA) is 128 Å². The number of H-pyrrole nitrogens is 1. The summed E-state index contributed by atoms with van der Waals surface area (Å²) >= 11 is 0. The monoisotopic (exact) mass is 501 g/mol. The Morgan fingerprint density at radius 1 is 1.24 bits per heavy atom. The normalized spacial score (nSPS) is 20.6. The first-order valence-electron chi connectivity index (χ1n) is 13.0. The van der Waals surface area contributed by atoms with Crippen LogP contribution in [-0.2, 0) is 11.8 Å². The van der Waals surface area contributed by atoms with E-state index in [2.05, 4.69) is 33.7 Å². The van der Waals surface area contributed by atoms with E-state index in [1.165, 1.54) is 18.4 Å². The lowest BCUT2D eigenvalue weighted by atomic mass is 9.92. The molecule has 1 amide bonds. The van der Waals surface area contributed by atoms with Crippen LogP contribution in [0.1, 0.15) is 64.9 Å². The van der Waals surface area contributed by atoms with Gasteiger partial charge in [-0.1, -0.05) is 26.8 Å². The summed E-state index contributed by atoms with van der Waals surface area (Å²) in [4.78, 5) is 28.1. The van der Waals surface area contributed by atoms with Crippen molar-refractivity contribution in [3.05, 3.63) is 35.8 Å². The van der Waals surface area contributed by atoms with Gasteiger partial charge in [0.2, 0.25) is 5.95 Å². The van der Waals surface area contributed by atoms with Crippen molar-refractivity contribution in [2.45, 2.75) is 71.4 Å². The smallest absolute Gasteiger partial charge is 0.264 e. The number of hydrogen-bond donors (Lipinski definition) is 3. The highest BCUT2D eigenvalue weighted by Crippen LogP contribution is 2.45. The summed E-state index contributed by atoms with van der Waals surface area (Å²) in [5.41, 5.74) is 2.77. The molecule has 194 valence electrons. The van der Waals surface area contributed by atoms with Crippen LogP contribution in [0.4, 0.5) is 17.5 Å². The van der Waals surface area contributed by atoms with Crippen LogP contribution < -0.4 is 10.6 Å². The third-order valence-corrected chi connectivity index (χ3v) is 6.95. The molecule has 4 heterocycles. The Morgan fingerprint density at radius 2 is 2.03 bits per heavy atom. The summed E-state index contributed by atoms with van der Waals surface area (Å²) in [6, 6.07) is 2.19. The van der Waals surface area contributed by atoms with Crippen molar-refractivity contribution >= 4 is 34.4 Å². The fourth-order valence-electron chi connectivity index (χ4n) is 4.98. The molecule has 0 bridgehead atoms. The maximum absolute atomic E-state index is 13.4. The molecule has 2 unspecified atom stereocenters. The van der Waals surface area contributed by atoms with E-state index in [0.717, 1.165) is 35.4 Å². The van der Waals surface area contributed by atoms with Gasteiger partial charge >= 0.3 is 0 Å². The fraction of sp³-hybridized carbons (Fsp3) is 0.519. The summed E-state index contributed by atoms with van der Waals surface area (Å²) in [6.45, 7) is 8.54. The van der Waals surface area contributed by atoms with Crippen molar-refractivity contribution < 1.29 is 4.79 Å². The second-order valence-electron chi connectivity index (χ2n) is 11.4. The van der Waals surface area contributed by atoms with Crippen LogP contribution in [0.3, 0.4) is 0 Å². The number of carbonyl (C=O) groups is 1. The third kappa shape index (κ3) is 5.45. The summed E-state index contributed by atoms with van der Waals surface area (Å²) in [6.07, 6.45) is 11.5. The predicted molar refractivity (Wildman–Crippen MR) is 143 cm³/mol. The molecule has 2 aliphatic rings. The molecule has 10 heteroatoms. The number of nitrogens with zero attached hydrogens (tertiary/aromatic N) is 6. The van der Waals surface area contributed by atoms with Gasteiger partial charge in [0, 0.05) is 38.1 Å². The van der Waals surface area contributed by atoms with Crippen molar-refractivity contribution in [3.8, 4) is 6.07 Å². The molecule has 10 nitrogen and oxygen atoms in total. The number of likely N-dealkylation sites (tertiary alicyclic amines) is 1. The van der Waals surface area contributed by atoms with Gasteiger partial charge in [-0.15, -0.1) is 0 Å². The van der Waals surface area contributed by atoms with E-state index in [9.17, 15) is 10.1 Å². The minimum atomic E-state index is -0.255. The first-order valence-corrected chi connectivity index (χ1v) is 13.0. The number of nitriles is 1. The molecule has 2 fully saturated rings. The molecule has 1 aliphatic carbocycles. The Balaban J connectivity index is 1.43. The maximum Gasteiger partial charge on any atom is 0.264 e. The minimum absolute atomic E-state index is 0.000949. The summed E-state index contributed by atoms with van der Waals surface area (Å²) in [5, 5.41) is 21.8. The average molecular weight is 502 g/mol. The standard InChI is InChI=1S/C27H35N9O/c1-16-6-9-19(15-36(16)25(37)18(11-28)10-27(2,3)4)31-24-22-21(17-7-8-17)13-29-23(22)33-26(34-24)32-20-12-30-35(5)14-20/h10,12-14,16-17,19H,6-9,15H2,1-5H3,(H3,29,31,32,33,34)/b18-10+. The van der Waals surface area contributed by atoms with E-state index >= 15 is 0 Å². The zero-order valence-corrected chi connectivity index (χ0v) is 22.2. The van der Waals surface area contributed by atoms with Gasteiger partial charge in [-0.05, 0) is 49.5 Å². The van der Waals surface area contributed by atoms with Crippen LogP contribution in [0.25, 0.3) is 11.0 Å². The molecule has 3 aromatic heterocycles. The number of amides is 1. The Kier molecular flexibility index (Phi) is 6.40. The number of carbonyl (C=O) groups excluding carboxylic acids is 1. The van der Waals surface area contributed by atoms with Gasteiger partial charge in [0.05, 0.1) is 17.3 Å². The SMILES string of the molecule is CC1CCC(Nc2nc(Nc3cnn(C)c3)nc3[nH]cc(C4CC4)c23)CN1C(=O)/C(C#N)=C/C(C)(C)C. The number of nitrogens with one attached hydrogen (secondary N) is 3. The molecular weight excluding hydrogens is 466 g/mol. The lowest BCUT2D eigenvalue weighted by Gasteiger charge is -2.38. The number of hydrogen-bond acceptors (Lipinski definition) is 7. The van der Waals surface area contributed by atoms with Crippen molar-refractivity contribution in [1.82, 2.24) is 29.6 Å². The van der Waals surface area contributed by atoms with E-state index in [0.29, 0.717) is 18.4 Å². The summed E-state index contributed by atoms with van der Waals surface area (Å²) in [7, 11) is 1.86. The van der Waals surface area contributed by atoms with Crippen molar-refractivity contribution in [3.63, 3.8) is 0 Å². The highest BCUT2D eigenvalue weighted by atomic mass is 16.2. The number of anilines is 3. The molecule has 1 saturated heterocycles. The molecule has 1 aliphatic heterocycles. The average Bonchev–Trinajstić information content (AvgIpc) is 3.47. The molecule has 0 spiro atoms. The number of rotatable bonds is 6. The van der Waals surface area contributed by atoms with Crippen LogP contribution in [0, 0.1) is 16.7 Å². The number of aryl methyl sites for hydroxylation is 1. The quantitative estimate of drug-likeness (QED) is 0.333. The highest BCUT2D eigenvalue weighted by Gasteiger charge is 2.33. The third-order valence-electron chi connectivity index (χ3n) is 6.95. The van der Waals surface area contributed by atoms with Crippen LogP contribution in [0.5, 0.6) is 0 Å². The minimum Gasteiger partial charge on any atom is -0.365 e. The second-order valence-corrected chi connectivity index (χ2v) is 11.4. The maximum atomic E-state index is 13.4. The number of aromatic amines is 1. The zero-order valence-electron chi connectivity index (χ0n) is 22.2. The van der Waals surface area contributed by atoms with Gasteiger partial charge in [0.25, 0.3) is 5.91 Å². The van der Waals surface area contributed by atoms with E-state index in [1.54, 1.807) is 17.0 Å². The second kappa shape index (κ2) is 9.54.